The minimum atomic E-state index is 0.0796. The molecule has 0 aromatic carbocycles. The Morgan fingerprint density at radius 1 is 1.11 bits per heavy atom. The molecule has 2 bridgehead atoms. The average molecular weight is 250 g/mol. The zero-order valence-corrected chi connectivity index (χ0v) is 12.0. The van der Waals surface area contributed by atoms with Crippen LogP contribution in [0.4, 0.5) is 0 Å². The molecule has 3 N–H and O–H groups in total. The largest absolute Gasteiger partial charge is 0.352 e. The van der Waals surface area contributed by atoms with Gasteiger partial charge in [0.25, 0.3) is 0 Å². The summed E-state index contributed by atoms with van der Waals surface area (Å²) in [6, 6.07) is 0.414. The van der Waals surface area contributed by atoms with Crippen molar-refractivity contribution >= 4 is 5.91 Å². The minimum Gasteiger partial charge on any atom is -0.352 e. The van der Waals surface area contributed by atoms with Crippen LogP contribution >= 0.6 is 0 Å². The van der Waals surface area contributed by atoms with Crippen molar-refractivity contribution in [2.45, 2.75) is 59.0 Å². The van der Waals surface area contributed by atoms with Gasteiger partial charge < -0.3 is 11.1 Å². The van der Waals surface area contributed by atoms with Crippen LogP contribution in [0.3, 0.4) is 0 Å². The Morgan fingerprint density at radius 3 is 2.11 bits per heavy atom. The molecule has 3 saturated carbocycles. The van der Waals surface area contributed by atoms with Gasteiger partial charge in [-0.2, -0.15) is 0 Å². The number of nitrogens with one attached hydrogen (secondary N) is 1. The first-order valence-electron chi connectivity index (χ1n) is 7.33. The van der Waals surface area contributed by atoms with E-state index in [0.29, 0.717) is 17.9 Å². The monoisotopic (exact) mass is 250 g/mol. The third-order valence-electron chi connectivity index (χ3n) is 6.59. The maximum atomic E-state index is 12.5. The molecule has 0 saturated heterocycles. The van der Waals surface area contributed by atoms with Crippen LogP contribution in [0, 0.1) is 28.6 Å². The molecule has 18 heavy (non-hydrogen) atoms. The maximum absolute atomic E-state index is 12.5. The second-order valence-electron chi connectivity index (χ2n) is 7.82. The second kappa shape index (κ2) is 3.50. The summed E-state index contributed by atoms with van der Waals surface area (Å²) >= 11 is 0. The summed E-state index contributed by atoms with van der Waals surface area (Å²) in [5, 5.41) is 3.27. The smallest absolute Gasteiger partial charge is 0.225 e. The van der Waals surface area contributed by atoms with Gasteiger partial charge in [-0.3, -0.25) is 4.79 Å². The molecule has 0 aromatic heterocycles. The van der Waals surface area contributed by atoms with Crippen LogP contribution in [0.15, 0.2) is 0 Å². The standard InChI is InChI=1S/C15H26N2O/c1-14(2)13(15(14,3)4)17-12(18)10-8-5-6-9(7-8)11(10)16/h8-11,13H,5-7,16H2,1-4H3,(H,17,18). The van der Waals surface area contributed by atoms with Crippen molar-refractivity contribution in [3.63, 3.8) is 0 Å². The van der Waals surface area contributed by atoms with Gasteiger partial charge in [0.1, 0.15) is 0 Å². The Kier molecular flexibility index (Phi) is 2.42. The van der Waals surface area contributed by atoms with Gasteiger partial charge in [-0.25, -0.2) is 0 Å². The number of hydrogen-bond acceptors (Lipinski definition) is 2. The molecule has 0 radical (unpaired) electrons. The molecule has 0 aliphatic heterocycles. The average Bonchev–Trinajstić information content (AvgIpc) is 2.74. The minimum absolute atomic E-state index is 0.0796. The summed E-state index contributed by atoms with van der Waals surface area (Å²) in [5.74, 6) is 1.45. The Bertz CT molecular complexity index is 372. The summed E-state index contributed by atoms with van der Waals surface area (Å²) in [5.41, 5.74) is 6.66. The topological polar surface area (TPSA) is 55.1 Å². The molecule has 3 fully saturated rings. The summed E-state index contributed by atoms with van der Waals surface area (Å²) in [6.07, 6.45) is 3.61. The van der Waals surface area contributed by atoms with Crippen molar-refractivity contribution in [2.75, 3.05) is 0 Å². The van der Waals surface area contributed by atoms with Gasteiger partial charge >= 0.3 is 0 Å². The summed E-state index contributed by atoms with van der Waals surface area (Å²) in [6.45, 7) is 8.94. The van der Waals surface area contributed by atoms with Crippen LogP contribution < -0.4 is 11.1 Å². The van der Waals surface area contributed by atoms with Gasteiger partial charge in [-0.05, 0) is 41.9 Å². The highest BCUT2D eigenvalue weighted by Gasteiger charge is 2.66. The van der Waals surface area contributed by atoms with Crippen LogP contribution in [0.1, 0.15) is 47.0 Å². The third kappa shape index (κ3) is 1.43. The number of nitrogens with two attached hydrogens (primary N) is 1. The lowest BCUT2D eigenvalue weighted by Crippen LogP contribution is -2.46. The predicted octanol–water partition coefficient (Wildman–Crippen LogP) is 1.91. The zero-order valence-electron chi connectivity index (χ0n) is 12.0. The lowest BCUT2D eigenvalue weighted by molar-refractivity contribution is -0.127. The Hall–Kier alpha value is -0.570. The highest BCUT2D eigenvalue weighted by atomic mass is 16.2. The number of amides is 1. The van der Waals surface area contributed by atoms with E-state index in [-0.39, 0.29) is 28.7 Å². The third-order valence-corrected chi connectivity index (χ3v) is 6.59. The van der Waals surface area contributed by atoms with E-state index in [9.17, 15) is 4.79 Å². The van der Waals surface area contributed by atoms with Crippen LogP contribution in [-0.4, -0.2) is 18.0 Å². The van der Waals surface area contributed by atoms with E-state index in [2.05, 4.69) is 33.0 Å². The number of hydrogen-bond donors (Lipinski definition) is 2. The maximum Gasteiger partial charge on any atom is 0.225 e. The van der Waals surface area contributed by atoms with Crippen LogP contribution in [0.25, 0.3) is 0 Å². The molecular formula is C15H26N2O. The van der Waals surface area contributed by atoms with Gasteiger partial charge in [0, 0.05) is 12.1 Å². The lowest BCUT2D eigenvalue weighted by Gasteiger charge is -2.27. The van der Waals surface area contributed by atoms with E-state index >= 15 is 0 Å². The molecule has 1 amide bonds. The fourth-order valence-corrected chi connectivity index (χ4v) is 4.52. The van der Waals surface area contributed by atoms with Crippen molar-refractivity contribution in [3.8, 4) is 0 Å². The molecule has 3 rings (SSSR count). The van der Waals surface area contributed by atoms with Crippen LogP contribution in [0.2, 0.25) is 0 Å². The van der Waals surface area contributed by atoms with E-state index in [0.717, 1.165) is 0 Å². The van der Waals surface area contributed by atoms with E-state index in [1.165, 1.54) is 19.3 Å². The van der Waals surface area contributed by atoms with Crippen molar-refractivity contribution in [2.24, 2.45) is 34.3 Å². The van der Waals surface area contributed by atoms with Gasteiger partial charge in [0.05, 0.1) is 5.92 Å². The fraction of sp³-hybridized carbons (Fsp3) is 0.933. The van der Waals surface area contributed by atoms with E-state index < -0.39 is 0 Å². The molecular weight excluding hydrogens is 224 g/mol. The Balaban J connectivity index is 1.67. The molecule has 0 aromatic rings. The van der Waals surface area contributed by atoms with Crippen LogP contribution in [0.5, 0.6) is 0 Å². The van der Waals surface area contributed by atoms with Gasteiger partial charge in [-0.15, -0.1) is 0 Å². The fourth-order valence-electron chi connectivity index (χ4n) is 4.52. The molecule has 4 unspecified atom stereocenters. The summed E-state index contributed by atoms with van der Waals surface area (Å²) in [7, 11) is 0. The van der Waals surface area contributed by atoms with Crippen molar-refractivity contribution in [1.29, 1.82) is 0 Å². The molecule has 0 spiro atoms. The van der Waals surface area contributed by atoms with Crippen molar-refractivity contribution in [3.05, 3.63) is 0 Å². The highest BCUT2D eigenvalue weighted by molar-refractivity contribution is 5.81. The predicted molar refractivity (Wildman–Crippen MR) is 71.8 cm³/mol. The normalized spacial score (nSPS) is 44.1. The Morgan fingerprint density at radius 2 is 1.67 bits per heavy atom. The molecule has 3 nitrogen and oxygen atoms in total. The molecule has 3 heteroatoms. The molecule has 0 heterocycles. The van der Waals surface area contributed by atoms with Crippen molar-refractivity contribution in [1.82, 2.24) is 5.32 Å². The first-order valence-corrected chi connectivity index (χ1v) is 7.33. The van der Waals surface area contributed by atoms with E-state index in [1.807, 2.05) is 0 Å². The molecule has 102 valence electrons. The number of rotatable bonds is 2. The molecule has 4 atom stereocenters. The first-order chi connectivity index (χ1) is 8.26. The number of carbonyl (C=O) groups is 1. The van der Waals surface area contributed by atoms with E-state index in [4.69, 9.17) is 5.73 Å². The highest BCUT2D eigenvalue weighted by Crippen LogP contribution is 2.62. The van der Waals surface area contributed by atoms with Crippen LogP contribution in [-0.2, 0) is 4.79 Å². The number of carbonyl (C=O) groups excluding carboxylic acids is 1. The molecule has 3 aliphatic rings. The molecule has 3 aliphatic carbocycles. The second-order valence-corrected chi connectivity index (χ2v) is 7.82. The quantitative estimate of drug-likeness (QED) is 0.786. The SMILES string of the molecule is CC1(C)C(NC(=O)C2C3CCC(C3)C2N)C1(C)C. The van der Waals surface area contributed by atoms with Gasteiger partial charge in [0.15, 0.2) is 0 Å². The Labute approximate surface area is 110 Å². The van der Waals surface area contributed by atoms with Gasteiger partial charge in [-0.1, -0.05) is 27.7 Å². The van der Waals surface area contributed by atoms with E-state index in [1.54, 1.807) is 0 Å². The van der Waals surface area contributed by atoms with Crippen molar-refractivity contribution < 1.29 is 4.79 Å². The number of fused-ring (bicyclic) bond motifs is 2. The summed E-state index contributed by atoms with van der Waals surface area (Å²) in [4.78, 5) is 12.5. The van der Waals surface area contributed by atoms with Gasteiger partial charge in [0.2, 0.25) is 5.91 Å². The first kappa shape index (κ1) is 12.5. The lowest BCUT2D eigenvalue weighted by atomic mass is 9.84. The summed E-state index contributed by atoms with van der Waals surface area (Å²) < 4.78 is 0. The zero-order chi connectivity index (χ0) is 13.3.